The van der Waals surface area contributed by atoms with Crippen molar-refractivity contribution in [2.45, 2.75) is 26.2 Å². The predicted molar refractivity (Wildman–Crippen MR) is 98.8 cm³/mol. The first-order chi connectivity index (χ1) is 12.5. The molecule has 1 atom stereocenters. The number of aliphatic carboxylic acids is 1. The number of carboxylic acids is 1. The number of benzene rings is 2. The molecule has 0 radical (unpaired) electrons. The molecule has 0 aliphatic rings. The number of amides is 1. The van der Waals surface area contributed by atoms with Gasteiger partial charge in [0.1, 0.15) is 11.5 Å². The summed E-state index contributed by atoms with van der Waals surface area (Å²) in [5.41, 5.74) is 1.26. The Labute approximate surface area is 152 Å². The molecule has 0 saturated carbocycles. The van der Waals surface area contributed by atoms with E-state index >= 15 is 0 Å². The van der Waals surface area contributed by atoms with Gasteiger partial charge in [-0.05, 0) is 55.3 Å². The van der Waals surface area contributed by atoms with Gasteiger partial charge in [-0.3, -0.25) is 9.59 Å². The summed E-state index contributed by atoms with van der Waals surface area (Å²) in [6.07, 6.45) is 0.939. The van der Waals surface area contributed by atoms with Crippen LogP contribution in [0.5, 0.6) is 11.5 Å². The number of carbonyl (C=O) groups is 2. The zero-order chi connectivity index (χ0) is 18.9. The Balaban J connectivity index is 1.82. The van der Waals surface area contributed by atoms with Crippen LogP contribution in [0.4, 0.5) is 5.69 Å². The molecule has 6 heteroatoms. The van der Waals surface area contributed by atoms with Gasteiger partial charge in [0.15, 0.2) is 6.61 Å². The van der Waals surface area contributed by atoms with Crippen LogP contribution in [-0.2, 0) is 9.59 Å². The van der Waals surface area contributed by atoms with Crippen molar-refractivity contribution in [3.63, 3.8) is 0 Å². The van der Waals surface area contributed by atoms with Gasteiger partial charge in [-0.1, -0.05) is 19.1 Å². The van der Waals surface area contributed by atoms with E-state index in [9.17, 15) is 9.59 Å². The summed E-state index contributed by atoms with van der Waals surface area (Å²) < 4.78 is 10.9. The van der Waals surface area contributed by atoms with Crippen LogP contribution in [0.15, 0.2) is 48.5 Å². The largest absolute Gasteiger partial charge is 0.494 e. The smallest absolute Gasteiger partial charge is 0.310 e. The molecule has 2 rings (SSSR count). The van der Waals surface area contributed by atoms with Gasteiger partial charge in [0.05, 0.1) is 12.5 Å². The molecule has 0 saturated heterocycles. The molecule has 0 spiro atoms. The number of carbonyl (C=O) groups excluding carboxylic acids is 1. The van der Waals surface area contributed by atoms with Crippen LogP contribution in [0.3, 0.4) is 0 Å². The molecule has 1 unspecified atom stereocenters. The van der Waals surface area contributed by atoms with Crippen molar-refractivity contribution in [1.29, 1.82) is 0 Å². The van der Waals surface area contributed by atoms with Gasteiger partial charge < -0.3 is 19.9 Å². The third-order valence-corrected chi connectivity index (χ3v) is 3.73. The standard InChI is InChI=1S/C20H23NO5/c1-3-12-25-17-8-10-18(11-9-17)26-13-19(22)21-16-6-4-15(5-7-16)14(2)20(23)24/h4-11,14H,3,12-13H2,1-2H3,(H,21,22)(H,23,24). The van der Waals surface area contributed by atoms with Crippen LogP contribution in [0.2, 0.25) is 0 Å². The Hall–Kier alpha value is -3.02. The van der Waals surface area contributed by atoms with Crippen LogP contribution in [0, 0.1) is 0 Å². The van der Waals surface area contributed by atoms with Crippen molar-refractivity contribution in [2.75, 3.05) is 18.5 Å². The summed E-state index contributed by atoms with van der Waals surface area (Å²) in [4.78, 5) is 22.9. The molecule has 2 aromatic rings. The summed E-state index contributed by atoms with van der Waals surface area (Å²) >= 11 is 0. The third-order valence-electron chi connectivity index (χ3n) is 3.73. The number of rotatable bonds is 9. The van der Waals surface area contributed by atoms with Crippen LogP contribution in [0.25, 0.3) is 0 Å². The monoisotopic (exact) mass is 357 g/mol. The number of ether oxygens (including phenoxy) is 2. The molecule has 0 heterocycles. The van der Waals surface area contributed by atoms with Gasteiger partial charge >= 0.3 is 5.97 Å². The quantitative estimate of drug-likeness (QED) is 0.715. The molecule has 2 aromatic carbocycles. The van der Waals surface area contributed by atoms with Crippen LogP contribution >= 0.6 is 0 Å². The van der Waals surface area contributed by atoms with Gasteiger partial charge in [-0.2, -0.15) is 0 Å². The maximum atomic E-state index is 12.0. The second-order valence-corrected chi connectivity index (χ2v) is 5.84. The Bertz CT molecular complexity index is 725. The van der Waals surface area contributed by atoms with Crippen molar-refractivity contribution in [2.24, 2.45) is 0 Å². The van der Waals surface area contributed by atoms with E-state index in [0.717, 1.165) is 12.2 Å². The fraction of sp³-hybridized carbons (Fsp3) is 0.300. The Morgan fingerprint density at radius 2 is 1.58 bits per heavy atom. The summed E-state index contributed by atoms with van der Waals surface area (Å²) in [6, 6.07) is 13.8. The predicted octanol–water partition coefficient (Wildman–Crippen LogP) is 3.68. The van der Waals surface area contributed by atoms with Crippen molar-refractivity contribution in [3.05, 3.63) is 54.1 Å². The molecule has 0 fully saturated rings. The highest BCUT2D eigenvalue weighted by molar-refractivity contribution is 5.92. The van der Waals surface area contributed by atoms with Crippen molar-refractivity contribution < 1.29 is 24.2 Å². The van der Waals surface area contributed by atoms with Crippen molar-refractivity contribution in [1.82, 2.24) is 0 Å². The zero-order valence-corrected chi connectivity index (χ0v) is 14.9. The summed E-state index contributed by atoms with van der Waals surface area (Å²) in [6.45, 7) is 4.19. The molecular weight excluding hydrogens is 334 g/mol. The summed E-state index contributed by atoms with van der Waals surface area (Å²) in [5.74, 6) is -0.432. The van der Waals surface area contributed by atoms with E-state index in [-0.39, 0.29) is 12.5 Å². The van der Waals surface area contributed by atoms with Crippen molar-refractivity contribution in [3.8, 4) is 11.5 Å². The van der Waals surface area contributed by atoms with Crippen LogP contribution in [-0.4, -0.2) is 30.2 Å². The summed E-state index contributed by atoms with van der Waals surface area (Å²) in [5, 5.41) is 11.7. The minimum atomic E-state index is -0.888. The van der Waals surface area contributed by atoms with E-state index in [1.165, 1.54) is 0 Å². The number of nitrogens with one attached hydrogen (secondary N) is 1. The Morgan fingerprint density at radius 3 is 2.12 bits per heavy atom. The minimum absolute atomic E-state index is 0.123. The lowest BCUT2D eigenvalue weighted by molar-refractivity contribution is -0.138. The van der Waals surface area contributed by atoms with E-state index < -0.39 is 11.9 Å². The number of hydrogen-bond donors (Lipinski definition) is 2. The van der Waals surface area contributed by atoms with Gasteiger partial charge in [0.25, 0.3) is 5.91 Å². The molecule has 0 aliphatic carbocycles. The highest BCUT2D eigenvalue weighted by atomic mass is 16.5. The fourth-order valence-electron chi connectivity index (χ4n) is 2.20. The first kappa shape index (κ1) is 19.3. The SMILES string of the molecule is CCCOc1ccc(OCC(=O)Nc2ccc(C(C)C(=O)O)cc2)cc1. The van der Waals surface area contributed by atoms with Gasteiger partial charge in [0.2, 0.25) is 0 Å². The Kier molecular flexibility index (Phi) is 7.02. The van der Waals surface area contributed by atoms with Crippen molar-refractivity contribution >= 4 is 17.6 Å². The number of hydrogen-bond acceptors (Lipinski definition) is 4. The molecule has 6 nitrogen and oxygen atoms in total. The lowest BCUT2D eigenvalue weighted by atomic mass is 10.0. The lowest BCUT2D eigenvalue weighted by Crippen LogP contribution is -2.20. The molecule has 1 amide bonds. The fourth-order valence-corrected chi connectivity index (χ4v) is 2.20. The number of carboxylic acid groups (broad SMARTS) is 1. The zero-order valence-electron chi connectivity index (χ0n) is 14.9. The van der Waals surface area contributed by atoms with Gasteiger partial charge in [-0.15, -0.1) is 0 Å². The maximum absolute atomic E-state index is 12.0. The molecule has 26 heavy (non-hydrogen) atoms. The first-order valence-corrected chi connectivity index (χ1v) is 8.48. The average Bonchev–Trinajstić information content (AvgIpc) is 2.65. The lowest BCUT2D eigenvalue weighted by Gasteiger charge is -2.10. The van der Waals surface area contributed by atoms with E-state index in [4.69, 9.17) is 14.6 Å². The van der Waals surface area contributed by atoms with E-state index in [1.54, 1.807) is 55.5 Å². The highest BCUT2D eigenvalue weighted by Gasteiger charge is 2.13. The second-order valence-electron chi connectivity index (χ2n) is 5.84. The maximum Gasteiger partial charge on any atom is 0.310 e. The molecule has 0 aliphatic heterocycles. The number of anilines is 1. The molecular formula is C20H23NO5. The van der Waals surface area contributed by atoms with E-state index in [2.05, 4.69) is 5.32 Å². The van der Waals surface area contributed by atoms with Gasteiger partial charge in [0, 0.05) is 5.69 Å². The minimum Gasteiger partial charge on any atom is -0.494 e. The highest BCUT2D eigenvalue weighted by Crippen LogP contribution is 2.19. The molecule has 138 valence electrons. The van der Waals surface area contributed by atoms with Crippen LogP contribution < -0.4 is 14.8 Å². The second kappa shape index (κ2) is 9.46. The molecule has 0 aromatic heterocycles. The summed E-state index contributed by atoms with van der Waals surface area (Å²) in [7, 11) is 0. The molecule has 0 bridgehead atoms. The Morgan fingerprint density at radius 1 is 1.00 bits per heavy atom. The van der Waals surface area contributed by atoms with Crippen LogP contribution in [0.1, 0.15) is 31.7 Å². The average molecular weight is 357 g/mol. The van der Waals surface area contributed by atoms with E-state index in [0.29, 0.717) is 23.6 Å². The molecule has 2 N–H and O–H groups in total. The normalized spacial score (nSPS) is 11.5. The first-order valence-electron chi connectivity index (χ1n) is 8.48. The van der Waals surface area contributed by atoms with Gasteiger partial charge in [-0.25, -0.2) is 0 Å². The van der Waals surface area contributed by atoms with E-state index in [1.807, 2.05) is 6.92 Å². The topological polar surface area (TPSA) is 84.9 Å². The third kappa shape index (κ3) is 5.81.